The molecule has 0 atom stereocenters. The van der Waals surface area contributed by atoms with E-state index in [1.54, 1.807) is 0 Å². The summed E-state index contributed by atoms with van der Waals surface area (Å²) in [5, 5.41) is 16.7. The number of unbranched alkanes of at least 4 members (excludes halogenated alkanes) is 1. The zero-order valence-corrected chi connectivity index (χ0v) is 9.89. The summed E-state index contributed by atoms with van der Waals surface area (Å²) in [6.07, 6.45) is 0.499. The molecular formula is C11H16O7. The van der Waals surface area contributed by atoms with E-state index in [0.717, 1.165) is 0 Å². The Labute approximate surface area is 104 Å². The van der Waals surface area contributed by atoms with E-state index in [0.29, 0.717) is 12.8 Å². The standard InChI is InChI=1S/C11H16O7/c12-8(13)4-1-2-6-10(16)18-11(17)7-3-5-9(14)15/h1-7H2,(H,12,13)(H,14,15). The molecule has 0 aliphatic carbocycles. The highest BCUT2D eigenvalue weighted by molar-refractivity contribution is 5.85. The number of carbonyl (C=O) groups is 4. The van der Waals surface area contributed by atoms with Gasteiger partial charge in [0, 0.05) is 25.7 Å². The third-order valence-corrected chi connectivity index (χ3v) is 2.02. The van der Waals surface area contributed by atoms with Gasteiger partial charge in [0.2, 0.25) is 0 Å². The number of aliphatic carboxylic acids is 2. The van der Waals surface area contributed by atoms with Gasteiger partial charge in [-0.3, -0.25) is 19.2 Å². The molecule has 0 saturated heterocycles. The molecule has 0 unspecified atom stereocenters. The lowest BCUT2D eigenvalue weighted by atomic mass is 10.2. The van der Waals surface area contributed by atoms with Crippen LogP contribution in [-0.4, -0.2) is 34.1 Å². The van der Waals surface area contributed by atoms with E-state index in [9.17, 15) is 19.2 Å². The van der Waals surface area contributed by atoms with Crippen molar-refractivity contribution in [2.45, 2.75) is 44.9 Å². The summed E-state index contributed by atoms with van der Waals surface area (Å²) in [5.41, 5.74) is 0. The van der Waals surface area contributed by atoms with Crippen LogP contribution in [0.15, 0.2) is 0 Å². The van der Waals surface area contributed by atoms with E-state index in [1.807, 2.05) is 0 Å². The van der Waals surface area contributed by atoms with Crippen LogP contribution in [0.25, 0.3) is 0 Å². The molecule has 0 amide bonds. The van der Waals surface area contributed by atoms with Crippen molar-refractivity contribution >= 4 is 23.9 Å². The number of carboxylic acid groups (broad SMARTS) is 2. The number of carbonyl (C=O) groups excluding carboxylic acids is 2. The van der Waals surface area contributed by atoms with E-state index in [2.05, 4.69) is 4.74 Å². The summed E-state index contributed by atoms with van der Waals surface area (Å²) >= 11 is 0. The summed E-state index contributed by atoms with van der Waals surface area (Å²) in [5.74, 6) is -3.41. The van der Waals surface area contributed by atoms with Gasteiger partial charge in [-0.05, 0) is 19.3 Å². The lowest BCUT2D eigenvalue weighted by Crippen LogP contribution is -2.12. The fourth-order valence-corrected chi connectivity index (χ4v) is 1.16. The van der Waals surface area contributed by atoms with Gasteiger partial charge in [-0.1, -0.05) is 0 Å². The van der Waals surface area contributed by atoms with Gasteiger partial charge in [-0.15, -0.1) is 0 Å². The van der Waals surface area contributed by atoms with Crippen LogP contribution < -0.4 is 0 Å². The molecule has 0 aromatic carbocycles. The van der Waals surface area contributed by atoms with Crippen LogP contribution in [0.2, 0.25) is 0 Å². The van der Waals surface area contributed by atoms with Gasteiger partial charge >= 0.3 is 23.9 Å². The highest BCUT2D eigenvalue weighted by Gasteiger charge is 2.11. The molecule has 0 rings (SSSR count). The number of ether oxygens (including phenoxy) is 1. The lowest BCUT2D eigenvalue weighted by molar-refractivity contribution is -0.160. The first-order chi connectivity index (χ1) is 8.41. The van der Waals surface area contributed by atoms with Crippen molar-refractivity contribution in [2.24, 2.45) is 0 Å². The van der Waals surface area contributed by atoms with Crippen LogP contribution in [0, 0.1) is 0 Å². The third kappa shape index (κ3) is 10.6. The van der Waals surface area contributed by atoms with Crippen LogP contribution in [-0.2, 0) is 23.9 Å². The average molecular weight is 260 g/mol. The van der Waals surface area contributed by atoms with Crippen molar-refractivity contribution < 1.29 is 34.1 Å². The summed E-state index contributed by atoms with van der Waals surface area (Å²) in [6, 6.07) is 0. The Morgan fingerprint density at radius 2 is 1.06 bits per heavy atom. The molecule has 7 nitrogen and oxygen atoms in total. The summed E-state index contributed by atoms with van der Waals surface area (Å²) in [4.78, 5) is 42.5. The normalized spacial score (nSPS) is 9.78. The number of carboxylic acids is 2. The molecule has 0 bridgehead atoms. The number of esters is 2. The minimum absolute atomic E-state index is 0.0159. The predicted octanol–water partition coefficient (Wildman–Crippen LogP) is 0.956. The van der Waals surface area contributed by atoms with Gasteiger partial charge in [-0.2, -0.15) is 0 Å². The monoisotopic (exact) mass is 260 g/mol. The molecule has 0 heterocycles. The summed E-state index contributed by atoms with van der Waals surface area (Å²) < 4.78 is 4.42. The third-order valence-electron chi connectivity index (χ3n) is 2.02. The van der Waals surface area contributed by atoms with Crippen molar-refractivity contribution in [3.63, 3.8) is 0 Å². The zero-order valence-electron chi connectivity index (χ0n) is 9.89. The minimum Gasteiger partial charge on any atom is -0.481 e. The molecule has 0 spiro atoms. The van der Waals surface area contributed by atoms with E-state index in [1.165, 1.54) is 0 Å². The minimum atomic E-state index is -1.01. The highest BCUT2D eigenvalue weighted by atomic mass is 16.6. The smallest absolute Gasteiger partial charge is 0.313 e. The van der Waals surface area contributed by atoms with E-state index in [4.69, 9.17) is 10.2 Å². The fourth-order valence-electron chi connectivity index (χ4n) is 1.16. The van der Waals surface area contributed by atoms with Crippen LogP contribution in [0.5, 0.6) is 0 Å². The highest BCUT2D eigenvalue weighted by Crippen LogP contribution is 2.03. The van der Waals surface area contributed by atoms with Gasteiger partial charge in [0.15, 0.2) is 0 Å². The molecule has 0 aromatic heterocycles. The second-order valence-corrected chi connectivity index (χ2v) is 3.69. The van der Waals surface area contributed by atoms with E-state index >= 15 is 0 Å². The Morgan fingerprint density at radius 1 is 0.667 bits per heavy atom. The molecule has 2 N–H and O–H groups in total. The predicted molar refractivity (Wildman–Crippen MR) is 58.7 cm³/mol. The van der Waals surface area contributed by atoms with Crippen molar-refractivity contribution in [2.75, 3.05) is 0 Å². The first-order valence-electron chi connectivity index (χ1n) is 5.59. The molecule has 0 fully saturated rings. The molecule has 18 heavy (non-hydrogen) atoms. The zero-order chi connectivity index (χ0) is 14.0. The maximum Gasteiger partial charge on any atom is 0.313 e. The molecule has 0 aromatic rings. The Bertz CT molecular complexity index is 321. The molecule has 0 aliphatic heterocycles. The number of hydrogen-bond acceptors (Lipinski definition) is 5. The molecule has 0 aliphatic rings. The Balaban J connectivity index is 3.58. The van der Waals surface area contributed by atoms with Crippen molar-refractivity contribution in [3.05, 3.63) is 0 Å². The largest absolute Gasteiger partial charge is 0.481 e. The van der Waals surface area contributed by atoms with Gasteiger partial charge in [0.25, 0.3) is 0 Å². The second-order valence-electron chi connectivity index (χ2n) is 3.69. The number of rotatable bonds is 9. The van der Waals surface area contributed by atoms with Crippen molar-refractivity contribution in [1.82, 2.24) is 0 Å². The van der Waals surface area contributed by atoms with E-state index in [-0.39, 0.29) is 32.1 Å². The lowest BCUT2D eigenvalue weighted by Gasteiger charge is -2.02. The van der Waals surface area contributed by atoms with Gasteiger partial charge in [0.1, 0.15) is 0 Å². The van der Waals surface area contributed by atoms with Crippen LogP contribution >= 0.6 is 0 Å². The Morgan fingerprint density at radius 3 is 1.56 bits per heavy atom. The Kier molecular flexibility index (Phi) is 8.17. The van der Waals surface area contributed by atoms with Gasteiger partial charge in [0.05, 0.1) is 0 Å². The van der Waals surface area contributed by atoms with Crippen LogP contribution in [0.4, 0.5) is 0 Å². The molecule has 102 valence electrons. The maximum absolute atomic E-state index is 11.1. The van der Waals surface area contributed by atoms with Gasteiger partial charge < -0.3 is 14.9 Å². The topological polar surface area (TPSA) is 118 Å². The van der Waals surface area contributed by atoms with Gasteiger partial charge in [-0.25, -0.2) is 0 Å². The maximum atomic E-state index is 11.1. The SMILES string of the molecule is O=C(O)CCCCC(=O)OC(=O)CCCC(=O)O. The Hall–Kier alpha value is -1.92. The quantitative estimate of drug-likeness (QED) is 0.360. The van der Waals surface area contributed by atoms with Crippen molar-refractivity contribution in [3.8, 4) is 0 Å². The van der Waals surface area contributed by atoms with Crippen LogP contribution in [0.1, 0.15) is 44.9 Å². The average Bonchev–Trinajstić information content (AvgIpc) is 2.23. The number of hydrogen-bond donors (Lipinski definition) is 2. The molecule has 0 saturated carbocycles. The molecule has 7 heteroatoms. The first kappa shape index (κ1) is 16.1. The first-order valence-corrected chi connectivity index (χ1v) is 5.59. The van der Waals surface area contributed by atoms with Crippen molar-refractivity contribution in [1.29, 1.82) is 0 Å². The van der Waals surface area contributed by atoms with Crippen LogP contribution in [0.3, 0.4) is 0 Å². The molecule has 0 radical (unpaired) electrons. The molecular weight excluding hydrogens is 244 g/mol. The summed E-state index contributed by atoms with van der Waals surface area (Å²) in [7, 11) is 0. The fraction of sp³-hybridized carbons (Fsp3) is 0.636. The summed E-state index contributed by atoms with van der Waals surface area (Å²) in [6.45, 7) is 0. The van der Waals surface area contributed by atoms with E-state index < -0.39 is 23.9 Å². The second kappa shape index (κ2) is 9.15.